The highest BCUT2D eigenvalue weighted by molar-refractivity contribution is 5.76. The van der Waals surface area contributed by atoms with Crippen molar-refractivity contribution in [3.63, 3.8) is 0 Å². The number of hydrogen-bond acceptors (Lipinski definition) is 5. The fraction of sp³-hybridized carbons (Fsp3) is 0.300. The molecule has 1 aromatic carbocycles. The first-order chi connectivity index (χ1) is 13.9. The third kappa shape index (κ3) is 2.61. The number of nitrogens with zero attached hydrogens (tertiary/aromatic N) is 5. The predicted octanol–water partition coefficient (Wildman–Crippen LogP) is 1.07. The molecule has 4 aromatic rings. The second-order valence-corrected chi connectivity index (χ2v) is 6.82. The van der Waals surface area contributed by atoms with E-state index >= 15 is 0 Å². The van der Waals surface area contributed by atoms with E-state index < -0.39 is 16.8 Å². The van der Waals surface area contributed by atoms with E-state index in [4.69, 9.17) is 0 Å². The van der Waals surface area contributed by atoms with Gasteiger partial charge in [0.05, 0.1) is 12.1 Å². The van der Waals surface area contributed by atoms with Crippen molar-refractivity contribution in [2.45, 2.75) is 40.4 Å². The number of fused-ring (bicyclic) bond motifs is 3. The Labute approximate surface area is 164 Å². The van der Waals surface area contributed by atoms with Crippen molar-refractivity contribution in [3.8, 4) is 5.88 Å². The molecule has 0 saturated carbocycles. The monoisotopic (exact) mass is 395 g/mol. The Morgan fingerprint density at radius 3 is 2.21 bits per heavy atom. The van der Waals surface area contributed by atoms with Gasteiger partial charge in [-0.05, 0) is 26.3 Å². The summed E-state index contributed by atoms with van der Waals surface area (Å²) in [4.78, 5) is 43.1. The summed E-state index contributed by atoms with van der Waals surface area (Å²) in [5, 5.41) is 10.7. The summed E-state index contributed by atoms with van der Waals surface area (Å²) < 4.78 is 5.15. The van der Waals surface area contributed by atoms with Gasteiger partial charge in [0, 0.05) is 13.1 Å². The van der Waals surface area contributed by atoms with Crippen molar-refractivity contribution in [3.05, 3.63) is 72.7 Å². The molecule has 29 heavy (non-hydrogen) atoms. The molecule has 4 rings (SSSR count). The van der Waals surface area contributed by atoms with Gasteiger partial charge in [-0.15, -0.1) is 0 Å². The lowest BCUT2D eigenvalue weighted by Gasteiger charge is -2.11. The molecule has 0 fully saturated rings. The van der Waals surface area contributed by atoms with E-state index in [9.17, 15) is 19.5 Å². The van der Waals surface area contributed by atoms with Gasteiger partial charge in [-0.3, -0.25) is 23.3 Å². The van der Waals surface area contributed by atoms with Crippen molar-refractivity contribution in [1.82, 2.24) is 23.1 Å². The summed E-state index contributed by atoms with van der Waals surface area (Å²) in [6.45, 7) is 5.67. The SMILES string of the molecule is CCn1c(=O)c2c(nc3n(Cc4ccccc4)c(=O)c(C)c(O)n23)n(CC)c1=O. The van der Waals surface area contributed by atoms with Crippen LogP contribution >= 0.6 is 0 Å². The van der Waals surface area contributed by atoms with Crippen LogP contribution in [-0.2, 0) is 19.6 Å². The fourth-order valence-corrected chi connectivity index (χ4v) is 3.64. The Morgan fingerprint density at radius 2 is 1.59 bits per heavy atom. The van der Waals surface area contributed by atoms with Crippen LogP contribution in [0, 0.1) is 6.92 Å². The number of imidazole rings is 1. The minimum Gasteiger partial charge on any atom is -0.494 e. The van der Waals surface area contributed by atoms with E-state index in [0.717, 1.165) is 10.1 Å². The average molecular weight is 395 g/mol. The lowest BCUT2D eigenvalue weighted by atomic mass is 10.2. The maximum Gasteiger partial charge on any atom is 0.332 e. The number of aromatic hydroxyl groups is 1. The van der Waals surface area contributed by atoms with E-state index in [0.29, 0.717) is 6.54 Å². The van der Waals surface area contributed by atoms with Gasteiger partial charge in [0.15, 0.2) is 11.2 Å². The second-order valence-electron chi connectivity index (χ2n) is 6.82. The Morgan fingerprint density at radius 1 is 0.931 bits per heavy atom. The molecule has 3 heterocycles. The van der Waals surface area contributed by atoms with E-state index in [2.05, 4.69) is 4.98 Å². The van der Waals surface area contributed by atoms with Gasteiger partial charge in [0.2, 0.25) is 11.7 Å². The highest BCUT2D eigenvalue weighted by Gasteiger charge is 2.23. The zero-order valence-electron chi connectivity index (χ0n) is 16.4. The maximum atomic E-state index is 13.0. The van der Waals surface area contributed by atoms with Crippen molar-refractivity contribution >= 4 is 16.9 Å². The number of aryl methyl sites for hydroxylation is 1. The van der Waals surface area contributed by atoms with Crippen LogP contribution in [0.15, 0.2) is 44.7 Å². The molecular weight excluding hydrogens is 374 g/mol. The van der Waals surface area contributed by atoms with Crippen molar-refractivity contribution < 1.29 is 5.11 Å². The summed E-state index contributed by atoms with van der Waals surface area (Å²) in [5.74, 6) is -0.234. The fourth-order valence-electron chi connectivity index (χ4n) is 3.64. The van der Waals surface area contributed by atoms with Crippen molar-refractivity contribution in [2.24, 2.45) is 0 Å². The summed E-state index contributed by atoms with van der Waals surface area (Å²) >= 11 is 0. The topological polar surface area (TPSA) is 104 Å². The predicted molar refractivity (Wildman–Crippen MR) is 109 cm³/mol. The zero-order valence-corrected chi connectivity index (χ0v) is 16.4. The molecule has 3 aromatic heterocycles. The number of hydrogen-bond donors (Lipinski definition) is 1. The first-order valence-electron chi connectivity index (χ1n) is 9.42. The van der Waals surface area contributed by atoms with Crippen LogP contribution in [0.4, 0.5) is 0 Å². The molecule has 0 amide bonds. The van der Waals surface area contributed by atoms with Gasteiger partial charge in [0.25, 0.3) is 11.1 Å². The second kappa shape index (κ2) is 6.77. The highest BCUT2D eigenvalue weighted by Crippen LogP contribution is 2.21. The van der Waals surface area contributed by atoms with Gasteiger partial charge < -0.3 is 5.11 Å². The molecule has 0 bridgehead atoms. The molecule has 0 aliphatic rings. The van der Waals surface area contributed by atoms with E-state index in [1.54, 1.807) is 13.8 Å². The van der Waals surface area contributed by atoms with Crippen LogP contribution in [0.5, 0.6) is 5.88 Å². The van der Waals surface area contributed by atoms with Crippen molar-refractivity contribution in [2.75, 3.05) is 0 Å². The Kier molecular flexibility index (Phi) is 4.37. The van der Waals surface area contributed by atoms with Crippen LogP contribution < -0.4 is 16.8 Å². The lowest BCUT2D eigenvalue weighted by molar-refractivity contribution is 0.437. The normalized spacial score (nSPS) is 11.6. The molecule has 9 nitrogen and oxygen atoms in total. The molecule has 0 radical (unpaired) electrons. The molecule has 0 aliphatic heterocycles. The minimum atomic E-state index is -0.552. The molecule has 0 spiro atoms. The largest absolute Gasteiger partial charge is 0.494 e. The first kappa shape index (κ1) is 18.7. The summed E-state index contributed by atoms with van der Waals surface area (Å²) in [6.07, 6.45) is 0. The van der Waals surface area contributed by atoms with Crippen molar-refractivity contribution in [1.29, 1.82) is 0 Å². The lowest BCUT2D eigenvalue weighted by Crippen LogP contribution is -2.39. The van der Waals surface area contributed by atoms with E-state index in [-0.39, 0.29) is 41.5 Å². The van der Waals surface area contributed by atoms with Crippen LogP contribution in [-0.4, -0.2) is 28.2 Å². The Bertz CT molecular complexity index is 1420. The zero-order chi connectivity index (χ0) is 20.9. The summed E-state index contributed by atoms with van der Waals surface area (Å²) in [6, 6.07) is 9.35. The molecule has 0 unspecified atom stereocenters. The van der Waals surface area contributed by atoms with Crippen LogP contribution in [0.3, 0.4) is 0 Å². The quantitative estimate of drug-likeness (QED) is 0.557. The molecule has 9 heteroatoms. The van der Waals surface area contributed by atoms with Gasteiger partial charge >= 0.3 is 5.69 Å². The first-order valence-corrected chi connectivity index (χ1v) is 9.42. The smallest absolute Gasteiger partial charge is 0.332 e. The van der Waals surface area contributed by atoms with E-state index in [1.165, 1.54) is 20.5 Å². The average Bonchev–Trinajstić information content (AvgIpc) is 3.11. The van der Waals surface area contributed by atoms with Gasteiger partial charge in [0.1, 0.15) is 0 Å². The van der Waals surface area contributed by atoms with Crippen LogP contribution in [0.25, 0.3) is 16.9 Å². The number of benzene rings is 1. The Hall–Kier alpha value is -3.62. The Balaban J connectivity index is 2.22. The summed E-state index contributed by atoms with van der Waals surface area (Å²) in [5.41, 5.74) is -0.235. The van der Waals surface area contributed by atoms with Gasteiger partial charge in [-0.1, -0.05) is 30.3 Å². The maximum absolute atomic E-state index is 13.0. The van der Waals surface area contributed by atoms with E-state index in [1.807, 2.05) is 30.3 Å². The molecule has 150 valence electrons. The van der Waals surface area contributed by atoms with Crippen LogP contribution in [0.1, 0.15) is 25.0 Å². The number of aromatic nitrogens is 5. The van der Waals surface area contributed by atoms with Gasteiger partial charge in [-0.25, -0.2) is 9.20 Å². The molecular formula is C20H21N5O4. The third-order valence-corrected chi connectivity index (χ3v) is 5.18. The molecule has 0 atom stereocenters. The highest BCUT2D eigenvalue weighted by atomic mass is 16.3. The van der Waals surface area contributed by atoms with Crippen LogP contribution in [0.2, 0.25) is 0 Å². The molecule has 1 N–H and O–H groups in total. The third-order valence-electron chi connectivity index (χ3n) is 5.18. The summed E-state index contributed by atoms with van der Waals surface area (Å²) in [7, 11) is 0. The molecule has 0 saturated heterocycles. The standard InChI is InChI=1S/C20H21N5O4/c1-4-22-15-14(18(28)23(5-2)20(22)29)25-17(27)12(3)16(26)24(19(25)21-15)11-13-9-7-6-8-10-13/h6-10,27H,4-5,11H2,1-3H3. The minimum absolute atomic E-state index is 0.0747. The molecule has 0 aliphatic carbocycles. The number of rotatable bonds is 4. The van der Waals surface area contributed by atoms with Gasteiger partial charge in [-0.2, -0.15) is 4.98 Å².